The molecule has 0 saturated heterocycles. The van der Waals surface area contributed by atoms with Gasteiger partial charge in [-0.25, -0.2) is 4.98 Å². The van der Waals surface area contributed by atoms with Gasteiger partial charge in [0.25, 0.3) is 0 Å². The van der Waals surface area contributed by atoms with Crippen molar-refractivity contribution in [2.75, 3.05) is 0 Å². The van der Waals surface area contributed by atoms with Gasteiger partial charge in [-0.05, 0) is 89.1 Å². The van der Waals surface area contributed by atoms with Gasteiger partial charge < -0.3 is 13.4 Å². The molecule has 0 aliphatic carbocycles. The number of fused-ring (bicyclic) bond motifs is 7. The van der Waals surface area contributed by atoms with Crippen molar-refractivity contribution in [3.8, 4) is 39.6 Å². The van der Waals surface area contributed by atoms with Crippen LogP contribution < -0.4 is 0 Å². The van der Waals surface area contributed by atoms with Crippen molar-refractivity contribution in [3.05, 3.63) is 173 Å². The topological polar surface area (TPSA) is 82.8 Å². The van der Waals surface area contributed by atoms with Crippen LogP contribution in [0.4, 0.5) is 0 Å². The SMILES string of the molecule is CC(C)(C)c1ccnc(-c2[c-]cccc2)n1.[2H]C([2H])([2H])c1c2oc3c(-c4nc5cccc(C([2H])([2H])[2H])c5n4-c4c(C(C)C)cc(-c5ccccc5)cc4C(C)C)[c-]cc(C([2H])([2H])[2H])c3c2nc2oc3ccccc3c12.[Ir]. The fourth-order valence-corrected chi connectivity index (χ4v) is 8.71. The summed E-state index contributed by atoms with van der Waals surface area (Å²) in [5.41, 5.74) is 7.64. The van der Waals surface area contributed by atoms with Crippen LogP contribution in [-0.4, -0.2) is 24.5 Å². The number of rotatable bonds is 6. The number of hydrogen-bond acceptors (Lipinski definition) is 6. The molecule has 0 aliphatic rings. The smallest absolute Gasteiger partial charge is 0.228 e. The number of para-hydroxylation sites is 2. The van der Waals surface area contributed by atoms with Crippen LogP contribution in [0, 0.1) is 32.7 Å². The maximum absolute atomic E-state index is 8.74. The quantitative estimate of drug-likeness (QED) is 0.154. The van der Waals surface area contributed by atoms with Gasteiger partial charge in [0, 0.05) is 66.4 Å². The third kappa shape index (κ3) is 8.06. The Kier molecular flexibility index (Phi) is 9.43. The second-order valence-electron chi connectivity index (χ2n) is 18.2. The summed E-state index contributed by atoms with van der Waals surface area (Å²) in [7, 11) is 0. The van der Waals surface area contributed by atoms with E-state index in [1.165, 1.54) is 6.07 Å². The molecule has 67 heavy (non-hydrogen) atoms. The number of imidazole rings is 1. The van der Waals surface area contributed by atoms with Crippen LogP contribution in [0.15, 0.2) is 136 Å². The molecule has 7 nitrogen and oxygen atoms in total. The maximum Gasteiger partial charge on any atom is 0.228 e. The van der Waals surface area contributed by atoms with E-state index in [9.17, 15) is 0 Å². The third-order valence-electron chi connectivity index (χ3n) is 12.0. The number of aryl methyl sites for hydroxylation is 3. The molecule has 0 atom stereocenters. The van der Waals surface area contributed by atoms with Crippen LogP contribution in [0.2, 0.25) is 0 Å². The molecule has 0 bridgehead atoms. The molecule has 6 aromatic carbocycles. The van der Waals surface area contributed by atoms with Gasteiger partial charge in [-0.3, -0.25) is 15.0 Å². The fraction of sp³-hybridized carbons (Fsp3) is 0.220. The summed E-state index contributed by atoms with van der Waals surface area (Å²) in [4.78, 5) is 18.8. The van der Waals surface area contributed by atoms with Crippen molar-refractivity contribution in [1.82, 2.24) is 24.5 Å². The Morgan fingerprint density at radius 3 is 2.13 bits per heavy atom. The zero-order valence-corrected chi connectivity index (χ0v) is 40.6. The Morgan fingerprint density at radius 1 is 0.687 bits per heavy atom. The van der Waals surface area contributed by atoms with Crippen molar-refractivity contribution in [2.45, 2.75) is 86.3 Å². The molecule has 0 spiro atoms. The Bertz CT molecular complexity index is 3930. The van der Waals surface area contributed by atoms with E-state index in [0.717, 1.165) is 45.0 Å². The van der Waals surface area contributed by atoms with Crippen LogP contribution in [0.1, 0.15) is 106 Å². The zero-order chi connectivity index (χ0) is 53.5. The minimum absolute atomic E-state index is 0. The standard InChI is InChI=1S/C45H38N3O2.C14H15N2.Ir/c1-24(2)33-22-30(29-15-9-8-10-16-29)23-34(25(3)4)41(33)48-40-27(6)14-13-18-35(40)46-44(48)32-21-20-26(5)37-39-42(50-43(32)37)28(7)38-31-17-11-12-19-36(31)49-45(38)47-39;1-14(2,3)12-9-10-15-13(16-12)11-7-5-4-6-8-11;/h8-20,22-25H,1-7H3;4-7,9-10H,1-3H3;/q2*-1;/i5D3,6D3,7D3;;. The molecule has 1 radical (unpaired) electrons. The van der Waals surface area contributed by atoms with Crippen LogP contribution in [-0.2, 0) is 25.5 Å². The Balaban J connectivity index is 0.000000355. The van der Waals surface area contributed by atoms with Crippen molar-refractivity contribution in [2.24, 2.45) is 0 Å². The van der Waals surface area contributed by atoms with Crippen molar-refractivity contribution < 1.29 is 41.3 Å². The zero-order valence-electron chi connectivity index (χ0n) is 47.2. The number of furan rings is 2. The van der Waals surface area contributed by atoms with Gasteiger partial charge in [0.2, 0.25) is 5.71 Å². The monoisotopic (exact) mass is 1070 g/mol. The fourth-order valence-electron chi connectivity index (χ4n) is 8.71. The van der Waals surface area contributed by atoms with E-state index in [0.29, 0.717) is 22.0 Å². The van der Waals surface area contributed by atoms with E-state index in [1.807, 2.05) is 59.3 Å². The normalized spacial score (nSPS) is 14.4. The number of benzene rings is 6. The first-order chi connectivity index (χ1) is 35.4. The van der Waals surface area contributed by atoms with Gasteiger partial charge in [-0.2, -0.15) is 0 Å². The summed E-state index contributed by atoms with van der Waals surface area (Å²) in [5, 5.41) is 0.819. The molecule has 337 valence electrons. The molecule has 8 heteroatoms. The molecule has 5 aromatic heterocycles. The molecule has 5 heterocycles. The van der Waals surface area contributed by atoms with E-state index in [2.05, 4.69) is 94.8 Å². The average Bonchev–Trinajstić information content (AvgIpc) is 4.09. The molecular weight excluding hydrogens is 1000 g/mol. The first kappa shape index (κ1) is 35.5. The molecule has 0 N–H and O–H groups in total. The molecule has 11 rings (SSSR count). The minimum atomic E-state index is -2.75. The summed E-state index contributed by atoms with van der Waals surface area (Å²) >= 11 is 0. The van der Waals surface area contributed by atoms with Crippen LogP contribution >= 0.6 is 0 Å². The summed E-state index contributed by atoms with van der Waals surface area (Å²) in [6, 6.07) is 43.6. The van der Waals surface area contributed by atoms with E-state index in [4.69, 9.17) is 31.1 Å². The Labute approximate surface area is 418 Å². The second-order valence-corrected chi connectivity index (χ2v) is 18.2. The van der Waals surface area contributed by atoms with E-state index in [-0.39, 0.29) is 98.6 Å². The predicted octanol–water partition coefficient (Wildman–Crippen LogP) is 15.8. The summed E-state index contributed by atoms with van der Waals surface area (Å²) in [5.74, 6) is 0.869. The van der Waals surface area contributed by atoms with Gasteiger partial charge in [-0.15, -0.1) is 53.6 Å². The second kappa shape index (κ2) is 17.8. The maximum atomic E-state index is 8.74. The van der Waals surface area contributed by atoms with Crippen molar-refractivity contribution >= 4 is 55.2 Å². The Hall–Kier alpha value is -6.73. The number of aromatic nitrogens is 5. The van der Waals surface area contributed by atoms with Crippen LogP contribution in [0.25, 0.3) is 94.8 Å². The predicted molar refractivity (Wildman–Crippen MR) is 271 cm³/mol. The van der Waals surface area contributed by atoms with E-state index < -0.39 is 20.6 Å². The van der Waals surface area contributed by atoms with Gasteiger partial charge >= 0.3 is 0 Å². The summed E-state index contributed by atoms with van der Waals surface area (Å²) in [6.07, 6.45) is 1.81. The third-order valence-corrected chi connectivity index (χ3v) is 12.0. The molecule has 11 aromatic rings. The molecule has 0 fully saturated rings. The van der Waals surface area contributed by atoms with Gasteiger partial charge in [0.05, 0.1) is 33.7 Å². The largest absolute Gasteiger partial charge is 0.499 e. The van der Waals surface area contributed by atoms with Gasteiger partial charge in [0.15, 0.2) is 0 Å². The summed E-state index contributed by atoms with van der Waals surface area (Å²) in [6.45, 7) is 6.77. The Morgan fingerprint density at radius 2 is 1.43 bits per heavy atom. The first-order valence-electron chi connectivity index (χ1n) is 26.6. The number of pyridine rings is 1. The van der Waals surface area contributed by atoms with Gasteiger partial charge in [0.1, 0.15) is 16.7 Å². The molecule has 0 saturated carbocycles. The average molecular weight is 1070 g/mol. The number of nitrogens with zero attached hydrogens (tertiary/aromatic N) is 5. The minimum Gasteiger partial charge on any atom is -0.499 e. The molecule has 0 unspecified atom stereocenters. The summed E-state index contributed by atoms with van der Waals surface area (Å²) < 4.78 is 92.7. The first-order valence-corrected chi connectivity index (χ1v) is 22.1. The van der Waals surface area contributed by atoms with Crippen molar-refractivity contribution in [1.29, 1.82) is 0 Å². The van der Waals surface area contributed by atoms with Crippen LogP contribution in [0.3, 0.4) is 0 Å². The van der Waals surface area contributed by atoms with Crippen LogP contribution in [0.5, 0.6) is 0 Å². The van der Waals surface area contributed by atoms with Gasteiger partial charge in [-0.1, -0.05) is 122 Å². The van der Waals surface area contributed by atoms with Crippen molar-refractivity contribution in [3.63, 3.8) is 0 Å². The van der Waals surface area contributed by atoms with E-state index >= 15 is 0 Å². The number of hydrogen-bond donors (Lipinski definition) is 0. The molecule has 0 amide bonds. The molecule has 0 aliphatic heterocycles. The molecular formula is C59H53IrN5O2-2. The van der Waals surface area contributed by atoms with E-state index in [1.54, 1.807) is 42.5 Å².